The molecule has 0 saturated carbocycles. The first kappa shape index (κ1) is 25.9. The van der Waals surface area contributed by atoms with Crippen LogP contribution in [0.2, 0.25) is 0 Å². The molecule has 0 aromatic heterocycles. The number of piperazine rings is 1. The van der Waals surface area contributed by atoms with Crippen LogP contribution in [-0.2, 0) is 0 Å². The summed E-state index contributed by atoms with van der Waals surface area (Å²) in [6, 6.07) is 0.724. The number of hydrogen-bond donors (Lipinski definition) is 0. The van der Waals surface area contributed by atoms with Crippen molar-refractivity contribution in [1.29, 1.82) is 0 Å². The summed E-state index contributed by atoms with van der Waals surface area (Å²) < 4.78 is 0. The maximum absolute atomic E-state index is 2.68. The van der Waals surface area contributed by atoms with E-state index in [0.29, 0.717) is 0 Å². The highest BCUT2D eigenvalue weighted by molar-refractivity contribution is 4.74. The van der Waals surface area contributed by atoms with Crippen LogP contribution in [0.15, 0.2) is 0 Å². The lowest BCUT2D eigenvalue weighted by Crippen LogP contribution is -2.48. The molecule has 1 aliphatic rings. The zero-order chi connectivity index (χ0) is 19.6. The maximum Gasteiger partial charge on any atom is 0.0113 e. The zero-order valence-corrected chi connectivity index (χ0v) is 19.4. The molecule has 0 unspecified atom stereocenters. The third kappa shape index (κ3) is 15.0. The summed E-state index contributed by atoms with van der Waals surface area (Å²) in [5.74, 6) is 0.893. The van der Waals surface area contributed by atoms with Gasteiger partial charge in [-0.3, -0.25) is 4.90 Å². The second-order valence-corrected chi connectivity index (χ2v) is 8.69. The molecular weight excluding hydrogens is 316 g/mol. The van der Waals surface area contributed by atoms with Crippen LogP contribution in [-0.4, -0.2) is 48.6 Å². The van der Waals surface area contributed by atoms with E-state index in [0.717, 1.165) is 12.0 Å². The van der Waals surface area contributed by atoms with E-state index < -0.39 is 0 Å². The third-order valence-corrected chi connectivity index (χ3v) is 5.64. The molecule has 1 fully saturated rings. The fraction of sp³-hybridized carbons (Fsp3) is 1.00. The molecule has 0 aromatic rings. The maximum atomic E-state index is 2.68. The Morgan fingerprint density at radius 1 is 0.577 bits per heavy atom. The van der Waals surface area contributed by atoms with Crippen LogP contribution in [0.1, 0.15) is 112 Å². The standard InChI is InChI=1S/C22H46N2.C2H6/c1-21(2)15-13-11-9-7-5-6-8-10-12-14-16-23-17-19-24(20-18-23)22(3)4;1-2/h21-22H,5-20H2,1-4H3;1-2H3. The fourth-order valence-electron chi connectivity index (χ4n) is 3.81. The molecule has 2 heteroatoms. The SMILES string of the molecule is CC.CC(C)CCCCCCCCCCCCN1CCN(C(C)C)CC1. The summed E-state index contributed by atoms with van der Waals surface area (Å²) in [6.07, 6.45) is 16.0. The van der Waals surface area contributed by atoms with Crippen molar-refractivity contribution in [3.8, 4) is 0 Å². The van der Waals surface area contributed by atoms with Gasteiger partial charge in [0.1, 0.15) is 0 Å². The highest BCUT2D eigenvalue weighted by atomic mass is 15.3. The first-order chi connectivity index (χ1) is 12.6. The quantitative estimate of drug-likeness (QED) is 0.305. The summed E-state index contributed by atoms with van der Waals surface area (Å²) in [5.41, 5.74) is 0. The van der Waals surface area contributed by atoms with Crippen LogP contribution >= 0.6 is 0 Å². The van der Waals surface area contributed by atoms with E-state index in [4.69, 9.17) is 0 Å². The minimum atomic E-state index is 0.724. The third-order valence-electron chi connectivity index (χ3n) is 5.64. The number of rotatable bonds is 14. The Morgan fingerprint density at radius 2 is 1.00 bits per heavy atom. The van der Waals surface area contributed by atoms with Crippen LogP contribution < -0.4 is 0 Å². The smallest absolute Gasteiger partial charge is 0.0113 e. The molecule has 0 radical (unpaired) electrons. The predicted octanol–water partition coefficient (Wildman–Crippen LogP) is 6.99. The van der Waals surface area contributed by atoms with Crippen molar-refractivity contribution in [2.24, 2.45) is 5.92 Å². The van der Waals surface area contributed by atoms with Gasteiger partial charge < -0.3 is 4.90 Å². The minimum Gasteiger partial charge on any atom is -0.301 e. The second kappa shape index (κ2) is 18.3. The summed E-state index contributed by atoms with van der Waals surface area (Å²) in [4.78, 5) is 5.29. The van der Waals surface area contributed by atoms with E-state index in [1.807, 2.05) is 13.8 Å². The average molecular weight is 369 g/mol. The van der Waals surface area contributed by atoms with Gasteiger partial charge in [-0.1, -0.05) is 91.9 Å². The molecule has 0 amide bonds. The van der Waals surface area contributed by atoms with Gasteiger partial charge in [-0.25, -0.2) is 0 Å². The van der Waals surface area contributed by atoms with E-state index in [1.54, 1.807) is 0 Å². The molecule has 1 rings (SSSR count). The van der Waals surface area contributed by atoms with Crippen molar-refractivity contribution in [1.82, 2.24) is 9.80 Å². The van der Waals surface area contributed by atoms with Gasteiger partial charge in [0.05, 0.1) is 0 Å². The molecule has 1 saturated heterocycles. The summed E-state index contributed by atoms with van der Waals surface area (Å²) in [7, 11) is 0. The Balaban J connectivity index is 0.00000301. The van der Waals surface area contributed by atoms with Gasteiger partial charge in [-0.15, -0.1) is 0 Å². The predicted molar refractivity (Wildman–Crippen MR) is 120 cm³/mol. The van der Waals surface area contributed by atoms with Gasteiger partial charge in [0.2, 0.25) is 0 Å². The van der Waals surface area contributed by atoms with Crippen LogP contribution in [0.5, 0.6) is 0 Å². The van der Waals surface area contributed by atoms with Crippen molar-refractivity contribution in [3.63, 3.8) is 0 Å². The zero-order valence-electron chi connectivity index (χ0n) is 19.4. The van der Waals surface area contributed by atoms with E-state index in [1.165, 1.54) is 103 Å². The van der Waals surface area contributed by atoms with E-state index in [-0.39, 0.29) is 0 Å². The lowest BCUT2D eigenvalue weighted by Gasteiger charge is -2.36. The lowest BCUT2D eigenvalue weighted by molar-refractivity contribution is 0.107. The number of unbranched alkanes of at least 4 members (excludes halogenated alkanes) is 9. The highest BCUT2D eigenvalue weighted by Crippen LogP contribution is 2.14. The Kier molecular flexibility index (Phi) is 18.2. The van der Waals surface area contributed by atoms with Crippen molar-refractivity contribution >= 4 is 0 Å². The number of hydrogen-bond acceptors (Lipinski definition) is 2. The average Bonchev–Trinajstić information content (AvgIpc) is 2.64. The second-order valence-electron chi connectivity index (χ2n) is 8.69. The van der Waals surface area contributed by atoms with Gasteiger partial charge in [0.15, 0.2) is 0 Å². The van der Waals surface area contributed by atoms with E-state index in [2.05, 4.69) is 37.5 Å². The molecule has 0 atom stereocenters. The Labute approximate surface area is 167 Å². The normalized spacial score (nSPS) is 16.2. The van der Waals surface area contributed by atoms with Gasteiger partial charge >= 0.3 is 0 Å². The van der Waals surface area contributed by atoms with Crippen molar-refractivity contribution in [2.75, 3.05) is 32.7 Å². The molecule has 0 bridgehead atoms. The Bertz CT molecular complexity index is 267. The van der Waals surface area contributed by atoms with Crippen molar-refractivity contribution in [2.45, 2.75) is 118 Å². The Morgan fingerprint density at radius 3 is 1.42 bits per heavy atom. The molecular formula is C24H52N2. The molecule has 26 heavy (non-hydrogen) atoms. The lowest BCUT2D eigenvalue weighted by atomic mass is 10.0. The van der Waals surface area contributed by atoms with Gasteiger partial charge in [0, 0.05) is 32.2 Å². The van der Waals surface area contributed by atoms with Gasteiger partial charge in [-0.2, -0.15) is 0 Å². The highest BCUT2D eigenvalue weighted by Gasteiger charge is 2.17. The number of nitrogens with zero attached hydrogens (tertiary/aromatic N) is 2. The first-order valence-corrected chi connectivity index (χ1v) is 12.1. The molecule has 1 aliphatic heterocycles. The topological polar surface area (TPSA) is 6.48 Å². The largest absolute Gasteiger partial charge is 0.301 e. The van der Waals surface area contributed by atoms with Crippen molar-refractivity contribution in [3.05, 3.63) is 0 Å². The Hall–Kier alpha value is -0.0800. The molecule has 1 heterocycles. The molecule has 2 nitrogen and oxygen atoms in total. The van der Waals surface area contributed by atoms with E-state index in [9.17, 15) is 0 Å². The first-order valence-electron chi connectivity index (χ1n) is 12.1. The molecule has 0 aliphatic carbocycles. The molecule has 0 N–H and O–H groups in total. The monoisotopic (exact) mass is 368 g/mol. The summed E-state index contributed by atoms with van der Waals surface area (Å²) in [5, 5.41) is 0. The van der Waals surface area contributed by atoms with Crippen LogP contribution in [0.3, 0.4) is 0 Å². The van der Waals surface area contributed by atoms with Crippen LogP contribution in [0, 0.1) is 5.92 Å². The summed E-state index contributed by atoms with van der Waals surface area (Å²) in [6.45, 7) is 19.8. The fourth-order valence-corrected chi connectivity index (χ4v) is 3.81. The van der Waals surface area contributed by atoms with Gasteiger partial charge in [0.25, 0.3) is 0 Å². The molecule has 158 valence electrons. The van der Waals surface area contributed by atoms with E-state index >= 15 is 0 Å². The summed E-state index contributed by atoms with van der Waals surface area (Å²) >= 11 is 0. The van der Waals surface area contributed by atoms with Crippen molar-refractivity contribution < 1.29 is 0 Å². The minimum absolute atomic E-state index is 0.724. The van der Waals surface area contributed by atoms with Crippen LogP contribution in [0.25, 0.3) is 0 Å². The molecule has 0 aromatic carbocycles. The van der Waals surface area contributed by atoms with Crippen LogP contribution in [0.4, 0.5) is 0 Å². The molecule has 0 spiro atoms. The van der Waals surface area contributed by atoms with Gasteiger partial charge in [-0.05, 0) is 32.7 Å².